The van der Waals surface area contributed by atoms with Crippen LogP contribution in [-0.4, -0.2) is 25.3 Å². The number of ether oxygens (including phenoxy) is 2. The molecule has 0 aliphatic heterocycles. The zero-order valence-electron chi connectivity index (χ0n) is 11.2. The number of halogens is 1. The van der Waals surface area contributed by atoms with Gasteiger partial charge in [0, 0.05) is 16.1 Å². The highest BCUT2D eigenvalue weighted by Crippen LogP contribution is 2.38. The summed E-state index contributed by atoms with van der Waals surface area (Å²) in [5, 5.41) is 8.83. The Labute approximate surface area is 128 Å². The molecule has 1 N–H and O–H groups in total. The Balaban J connectivity index is 2.59. The van der Waals surface area contributed by atoms with Crippen LogP contribution in [0.1, 0.15) is 10.4 Å². The smallest absolute Gasteiger partial charge is 0.342 e. The molecule has 0 radical (unpaired) electrons. The van der Waals surface area contributed by atoms with Crippen LogP contribution in [0.5, 0.6) is 11.5 Å². The molecule has 1 aromatic heterocycles. The van der Waals surface area contributed by atoms with Crippen molar-refractivity contribution in [2.75, 3.05) is 14.2 Å². The van der Waals surface area contributed by atoms with Crippen molar-refractivity contribution < 1.29 is 23.8 Å². The highest BCUT2D eigenvalue weighted by atomic mass is 79.9. The third-order valence-electron chi connectivity index (χ3n) is 2.80. The summed E-state index contributed by atoms with van der Waals surface area (Å²) >= 11 is 3.35. The molecule has 0 aliphatic carbocycles. The SMILES string of the molecule is COc1cc(Br)c(-c2cc(=O)c(C(=O)O)co2)cc1OC. The fourth-order valence-electron chi connectivity index (χ4n) is 1.75. The summed E-state index contributed by atoms with van der Waals surface area (Å²) in [5.41, 5.74) is -0.512. The van der Waals surface area contributed by atoms with Gasteiger partial charge in [-0.2, -0.15) is 0 Å². The Kier molecular flexibility index (Phi) is 4.32. The molecule has 2 rings (SSSR count). The zero-order chi connectivity index (χ0) is 15.6. The van der Waals surface area contributed by atoms with E-state index < -0.39 is 17.0 Å². The van der Waals surface area contributed by atoms with Crippen LogP contribution in [0.3, 0.4) is 0 Å². The van der Waals surface area contributed by atoms with Crippen LogP contribution in [0.25, 0.3) is 11.3 Å². The van der Waals surface area contributed by atoms with E-state index in [4.69, 9.17) is 19.0 Å². The molecule has 2 aromatic rings. The van der Waals surface area contributed by atoms with Crippen LogP contribution >= 0.6 is 15.9 Å². The largest absolute Gasteiger partial charge is 0.493 e. The van der Waals surface area contributed by atoms with E-state index in [2.05, 4.69) is 15.9 Å². The van der Waals surface area contributed by atoms with E-state index in [9.17, 15) is 9.59 Å². The van der Waals surface area contributed by atoms with Gasteiger partial charge in [-0.05, 0) is 28.1 Å². The van der Waals surface area contributed by atoms with E-state index in [-0.39, 0.29) is 5.76 Å². The van der Waals surface area contributed by atoms with Gasteiger partial charge in [-0.3, -0.25) is 4.79 Å². The standard InChI is InChI=1S/C14H11BrO6/c1-19-12-3-7(9(15)4-13(12)20-2)11-5-10(16)8(6-21-11)14(17)18/h3-6H,1-2H3,(H,17,18). The van der Waals surface area contributed by atoms with E-state index in [1.807, 2.05) is 0 Å². The van der Waals surface area contributed by atoms with Gasteiger partial charge in [0.15, 0.2) is 16.9 Å². The van der Waals surface area contributed by atoms with Crippen LogP contribution in [0, 0.1) is 0 Å². The van der Waals surface area contributed by atoms with Crippen LogP contribution in [-0.2, 0) is 0 Å². The molecular weight excluding hydrogens is 344 g/mol. The number of carbonyl (C=O) groups is 1. The first kappa shape index (κ1) is 15.1. The van der Waals surface area contributed by atoms with Crippen molar-refractivity contribution in [2.45, 2.75) is 0 Å². The fourth-order valence-corrected chi connectivity index (χ4v) is 2.27. The molecule has 6 nitrogen and oxygen atoms in total. The summed E-state index contributed by atoms with van der Waals surface area (Å²) in [6, 6.07) is 4.41. The molecule has 0 aliphatic rings. The maximum Gasteiger partial charge on any atom is 0.342 e. The lowest BCUT2D eigenvalue weighted by atomic mass is 10.1. The molecule has 0 atom stereocenters. The Bertz CT molecular complexity index is 750. The van der Waals surface area contributed by atoms with E-state index in [1.165, 1.54) is 14.2 Å². The van der Waals surface area contributed by atoms with Crippen molar-refractivity contribution in [3.05, 3.63) is 44.7 Å². The molecule has 0 saturated carbocycles. The molecule has 110 valence electrons. The van der Waals surface area contributed by atoms with Crippen molar-refractivity contribution in [3.63, 3.8) is 0 Å². The molecule has 21 heavy (non-hydrogen) atoms. The van der Waals surface area contributed by atoms with Crippen molar-refractivity contribution in [1.82, 2.24) is 0 Å². The van der Waals surface area contributed by atoms with E-state index in [0.717, 1.165) is 12.3 Å². The minimum atomic E-state index is -1.33. The van der Waals surface area contributed by atoms with Gasteiger partial charge in [-0.1, -0.05) is 0 Å². The molecule has 0 saturated heterocycles. The monoisotopic (exact) mass is 354 g/mol. The number of aromatic carboxylic acids is 1. The van der Waals surface area contributed by atoms with Gasteiger partial charge >= 0.3 is 5.97 Å². The fraction of sp³-hybridized carbons (Fsp3) is 0.143. The first-order valence-corrected chi connectivity index (χ1v) is 6.55. The van der Waals surface area contributed by atoms with Crippen LogP contribution in [0.15, 0.2) is 38.1 Å². The predicted molar refractivity (Wildman–Crippen MR) is 78.2 cm³/mol. The van der Waals surface area contributed by atoms with Gasteiger partial charge in [-0.25, -0.2) is 4.79 Å². The second-order valence-electron chi connectivity index (χ2n) is 4.01. The van der Waals surface area contributed by atoms with Gasteiger partial charge in [0.25, 0.3) is 0 Å². The molecule has 0 spiro atoms. The van der Waals surface area contributed by atoms with E-state index >= 15 is 0 Å². The van der Waals surface area contributed by atoms with Crippen LogP contribution in [0.4, 0.5) is 0 Å². The Morgan fingerprint density at radius 2 is 1.81 bits per heavy atom. The molecule has 1 aromatic carbocycles. The summed E-state index contributed by atoms with van der Waals surface area (Å²) in [6.45, 7) is 0. The third kappa shape index (κ3) is 2.92. The highest BCUT2D eigenvalue weighted by molar-refractivity contribution is 9.10. The lowest BCUT2D eigenvalue weighted by molar-refractivity contribution is 0.0693. The normalized spacial score (nSPS) is 10.2. The van der Waals surface area contributed by atoms with E-state index in [0.29, 0.717) is 21.5 Å². The summed E-state index contributed by atoms with van der Waals surface area (Å²) in [7, 11) is 2.99. The maximum atomic E-state index is 11.7. The number of hydrogen-bond donors (Lipinski definition) is 1. The quantitative estimate of drug-likeness (QED) is 0.908. The van der Waals surface area contributed by atoms with Gasteiger partial charge in [0.1, 0.15) is 17.6 Å². The number of rotatable bonds is 4. The molecule has 7 heteroatoms. The lowest BCUT2D eigenvalue weighted by Crippen LogP contribution is -2.13. The van der Waals surface area contributed by atoms with Gasteiger partial charge in [0.05, 0.1) is 14.2 Å². The molecular formula is C14H11BrO6. The lowest BCUT2D eigenvalue weighted by Gasteiger charge is -2.11. The topological polar surface area (TPSA) is 86.0 Å². The molecule has 1 heterocycles. The number of benzene rings is 1. The number of methoxy groups -OCH3 is 2. The Morgan fingerprint density at radius 3 is 2.33 bits per heavy atom. The van der Waals surface area contributed by atoms with Gasteiger partial charge in [-0.15, -0.1) is 0 Å². The Morgan fingerprint density at radius 1 is 1.19 bits per heavy atom. The second-order valence-corrected chi connectivity index (χ2v) is 4.87. The number of carboxylic acids is 1. The zero-order valence-corrected chi connectivity index (χ0v) is 12.8. The van der Waals surface area contributed by atoms with Crippen molar-refractivity contribution in [3.8, 4) is 22.8 Å². The number of carboxylic acid groups (broad SMARTS) is 1. The van der Waals surface area contributed by atoms with Gasteiger partial charge in [0.2, 0.25) is 0 Å². The molecule has 0 unspecified atom stereocenters. The summed E-state index contributed by atoms with van der Waals surface area (Å²) in [4.78, 5) is 22.5. The van der Waals surface area contributed by atoms with E-state index in [1.54, 1.807) is 12.1 Å². The predicted octanol–water partition coefficient (Wildman–Crippen LogP) is 2.78. The number of hydrogen-bond acceptors (Lipinski definition) is 5. The Hall–Kier alpha value is -2.28. The average Bonchev–Trinajstić information content (AvgIpc) is 2.46. The first-order chi connectivity index (χ1) is 9.97. The minimum absolute atomic E-state index is 0.220. The minimum Gasteiger partial charge on any atom is -0.493 e. The van der Waals surface area contributed by atoms with Crippen LogP contribution < -0.4 is 14.9 Å². The third-order valence-corrected chi connectivity index (χ3v) is 3.46. The maximum absolute atomic E-state index is 11.7. The average molecular weight is 355 g/mol. The highest BCUT2D eigenvalue weighted by Gasteiger charge is 2.16. The molecule has 0 amide bonds. The van der Waals surface area contributed by atoms with Crippen molar-refractivity contribution in [1.29, 1.82) is 0 Å². The van der Waals surface area contributed by atoms with Crippen molar-refractivity contribution in [2.24, 2.45) is 0 Å². The second kappa shape index (κ2) is 6.01. The summed E-state index contributed by atoms with van der Waals surface area (Å²) < 4.78 is 16.2. The summed E-state index contributed by atoms with van der Waals surface area (Å²) in [6.07, 6.45) is 0.920. The van der Waals surface area contributed by atoms with Crippen LogP contribution in [0.2, 0.25) is 0 Å². The van der Waals surface area contributed by atoms with Gasteiger partial charge < -0.3 is 19.0 Å². The first-order valence-electron chi connectivity index (χ1n) is 5.76. The molecule has 0 fully saturated rings. The summed E-state index contributed by atoms with van der Waals surface area (Å²) in [5.74, 6) is -0.141. The van der Waals surface area contributed by atoms with Crippen molar-refractivity contribution >= 4 is 21.9 Å². The molecule has 0 bridgehead atoms.